The van der Waals surface area contributed by atoms with E-state index in [2.05, 4.69) is 0 Å². The molecule has 0 aromatic rings. The lowest BCUT2D eigenvalue weighted by Crippen LogP contribution is -2.26. The first-order chi connectivity index (χ1) is 4.70. The summed E-state index contributed by atoms with van der Waals surface area (Å²) in [4.78, 5) is 0.810. The smallest absolute Gasteiger partial charge is 0.256 e. The number of nitrogens with zero attached hydrogens (tertiary/aromatic N) is 2. The molecular formula is C5H8F2N2O. The molecule has 0 aliphatic rings. The molecule has 0 unspecified atom stereocenters. The topological polar surface area (TPSA) is 47.3 Å². The van der Waals surface area contributed by atoms with Gasteiger partial charge in [0.1, 0.15) is 0 Å². The molecule has 0 aliphatic heterocycles. The molecule has 0 aliphatic carbocycles. The summed E-state index contributed by atoms with van der Waals surface area (Å²) < 4.78 is 23.0. The van der Waals surface area contributed by atoms with Crippen LogP contribution in [0.15, 0.2) is 0 Å². The van der Waals surface area contributed by atoms with Gasteiger partial charge in [-0.05, 0) is 0 Å². The van der Waals surface area contributed by atoms with Crippen LogP contribution in [-0.4, -0.2) is 36.1 Å². The number of rotatable bonds is 4. The van der Waals surface area contributed by atoms with E-state index in [9.17, 15) is 8.78 Å². The van der Waals surface area contributed by atoms with E-state index in [4.69, 9.17) is 10.4 Å². The summed E-state index contributed by atoms with van der Waals surface area (Å²) in [6.45, 7) is -0.905. The average molecular weight is 150 g/mol. The molecule has 0 saturated heterocycles. The Hall–Kier alpha value is -0.890. The maximum absolute atomic E-state index is 11.5. The Labute approximate surface area is 57.5 Å². The molecule has 0 fully saturated rings. The van der Waals surface area contributed by atoms with E-state index in [1.54, 1.807) is 0 Å². The molecular weight excluding hydrogens is 142 g/mol. The third-order valence-corrected chi connectivity index (χ3v) is 0.870. The van der Waals surface area contributed by atoms with E-state index in [0.29, 0.717) is 0 Å². The van der Waals surface area contributed by atoms with Gasteiger partial charge in [0.2, 0.25) is 0 Å². The van der Waals surface area contributed by atoms with E-state index in [1.807, 2.05) is 0 Å². The Morgan fingerprint density at radius 2 is 2.20 bits per heavy atom. The van der Waals surface area contributed by atoms with Gasteiger partial charge in [-0.25, -0.2) is 8.78 Å². The molecule has 0 rings (SSSR count). The Kier molecular flexibility index (Phi) is 4.50. The van der Waals surface area contributed by atoms with Crippen molar-refractivity contribution in [2.75, 3.05) is 19.7 Å². The molecule has 0 aromatic carbocycles. The number of aliphatic hydroxyl groups is 1. The van der Waals surface area contributed by atoms with E-state index in [-0.39, 0.29) is 13.2 Å². The van der Waals surface area contributed by atoms with Gasteiger partial charge in [0, 0.05) is 0 Å². The van der Waals surface area contributed by atoms with Crippen molar-refractivity contribution in [2.24, 2.45) is 0 Å². The normalized spacial score (nSPS) is 9.50. The van der Waals surface area contributed by atoms with Crippen molar-refractivity contribution in [3.05, 3.63) is 0 Å². The van der Waals surface area contributed by atoms with E-state index in [0.717, 1.165) is 4.90 Å². The maximum atomic E-state index is 11.5. The van der Waals surface area contributed by atoms with Crippen molar-refractivity contribution >= 4 is 0 Å². The summed E-state index contributed by atoms with van der Waals surface area (Å²) >= 11 is 0. The highest BCUT2D eigenvalue weighted by molar-refractivity contribution is 4.73. The summed E-state index contributed by atoms with van der Waals surface area (Å²) in [5.41, 5.74) is 0. The second-order valence-electron chi connectivity index (χ2n) is 1.66. The van der Waals surface area contributed by atoms with Crippen LogP contribution in [0, 0.1) is 11.5 Å². The predicted molar refractivity (Wildman–Crippen MR) is 30.3 cm³/mol. The summed E-state index contributed by atoms with van der Waals surface area (Å²) in [5.74, 6) is 0. The van der Waals surface area contributed by atoms with Crippen LogP contribution < -0.4 is 0 Å². The Morgan fingerprint density at radius 1 is 1.60 bits per heavy atom. The minimum absolute atomic E-state index is 0.0269. The fourth-order valence-corrected chi connectivity index (χ4v) is 0.469. The van der Waals surface area contributed by atoms with Crippen LogP contribution in [0.25, 0.3) is 0 Å². The largest absolute Gasteiger partial charge is 0.395 e. The number of aliphatic hydroxyl groups excluding tert-OH is 1. The van der Waals surface area contributed by atoms with Gasteiger partial charge in [-0.3, -0.25) is 0 Å². The molecule has 0 bridgehead atoms. The van der Waals surface area contributed by atoms with Crippen LogP contribution in [-0.2, 0) is 0 Å². The third-order valence-electron chi connectivity index (χ3n) is 0.870. The van der Waals surface area contributed by atoms with Crippen molar-refractivity contribution in [3.63, 3.8) is 0 Å². The zero-order valence-electron chi connectivity index (χ0n) is 5.30. The maximum Gasteiger partial charge on any atom is 0.256 e. The highest BCUT2D eigenvalue weighted by Crippen LogP contribution is 1.95. The summed E-state index contributed by atoms with van der Waals surface area (Å²) in [5, 5.41) is 16.4. The monoisotopic (exact) mass is 150 g/mol. The van der Waals surface area contributed by atoms with Gasteiger partial charge in [-0.2, -0.15) is 5.26 Å². The number of halogens is 2. The standard InChI is InChI=1S/C5H8F2N2O/c6-5(7)3-9(4-8)1-2-10/h5,10H,1-3H2. The molecule has 3 nitrogen and oxygen atoms in total. The van der Waals surface area contributed by atoms with Crippen LogP contribution in [0.5, 0.6) is 0 Å². The first-order valence-electron chi connectivity index (χ1n) is 2.74. The van der Waals surface area contributed by atoms with Gasteiger partial charge < -0.3 is 10.0 Å². The highest BCUT2D eigenvalue weighted by atomic mass is 19.3. The van der Waals surface area contributed by atoms with E-state index in [1.165, 1.54) is 6.19 Å². The van der Waals surface area contributed by atoms with E-state index < -0.39 is 13.0 Å². The molecule has 0 spiro atoms. The van der Waals surface area contributed by atoms with Gasteiger partial charge in [0.05, 0.1) is 19.7 Å². The van der Waals surface area contributed by atoms with Crippen LogP contribution in [0.4, 0.5) is 8.78 Å². The number of nitriles is 1. The SMILES string of the molecule is N#CN(CCO)CC(F)F. The average Bonchev–Trinajstić information content (AvgIpc) is 1.86. The molecule has 5 heteroatoms. The van der Waals surface area contributed by atoms with Crippen LogP contribution >= 0.6 is 0 Å². The first kappa shape index (κ1) is 9.11. The van der Waals surface area contributed by atoms with E-state index >= 15 is 0 Å². The zero-order valence-corrected chi connectivity index (χ0v) is 5.30. The Bertz CT molecular complexity index is 123. The molecule has 10 heavy (non-hydrogen) atoms. The minimum Gasteiger partial charge on any atom is -0.395 e. The molecule has 0 heterocycles. The minimum atomic E-state index is -2.52. The second-order valence-corrected chi connectivity index (χ2v) is 1.66. The lowest BCUT2D eigenvalue weighted by atomic mass is 10.5. The summed E-state index contributed by atoms with van der Waals surface area (Å²) in [7, 11) is 0. The van der Waals surface area contributed by atoms with Crippen molar-refractivity contribution in [2.45, 2.75) is 6.43 Å². The predicted octanol–water partition coefficient (Wildman–Crippen LogP) is 0.0269. The highest BCUT2D eigenvalue weighted by Gasteiger charge is 2.08. The second kappa shape index (κ2) is 4.94. The number of alkyl halides is 2. The van der Waals surface area contributed by atoms with Crippen molar-refractivity contribution in [1.82, 2.24) is 4.90 Å². The number of hydrogen-bond donors (Lipinski definition) is 1. The Morgan fingerprint density at radius 3 is 2.50 bits per heavy atom. The van der Waals surface area contributed by atoms with Crippen molar-refractivity contribution in [3.8, 4) is 6.19 Å². The van der Waals surface area contributed by atoms with Gasteiger partial charge in [-0.1, -0.05) is 0 Å². The molecule has 58 valence electrons. The van der Waals surface area contributed by atoms with Gasteiger partial charge in [0.25, 0.3) is 6.43 Å². The first-order valence-corrected chi connectivity index (χ1v) is 2.74. The molecule has 0 atom stereocenters. The van der Waals surface area contributed by atoms with Crippen molar-refractivity contribution < 1.29 is 13.9 Å². The molecule has 0 amide bonds. The molecule has 0 radical (unpaired) electrons. The quantitative estimate of drug-likeness (QED) is 0.454. The zero-order chi connectivity index (χ0) is 7.98. The Balaban J connectivity index is 3.52. The fraction of sp³-hybridized carbons (Fsp3) is 0.800. The van der Waals surface area contributed by atoms with Gasteiger partial charge in [0.15, 0.2) is 6.19 Å². The number of hydrogen-bond acceptors (Lipinski definition) is 3. The van der Waals surface area contributed by atoms with Gasteiger partial charge in [-0.15, -0.1) is 0 Å². The molecule has 1 N–H and O–H groups in total. The molecule has 0 saturated carbocycles. The van der Waals surface area contributed by atoms with Crippen LogP contribution in [0.3, 0.4) is 0 Å². The third kappa shape index (κ3) is 4.04. The summed E-state index contributed by atoms with van der Waals surface area (Å²) in [6.07, 6.45) is -0.994. The fourth-order valence-electron chi connectivity index (χ4n) is 0.469. The van der Waals surface area contributed by atoms with Crippen molar-refractivity contribution in [1.29, 1.82) is 5.26 Å². The van der Waals surface area contributed by atoms with Gasteiger partial charge >= 0.3 is 0 Å². The lowest BCUT2D eigenvalue weighted by molar-refractivity contribution is 0.104. The molecule has 0 aromatic heterocycles. The van der Waals surface area contributed by atoms with Crippen LogP contribution in [0.2, 0.25) is 0 Å². The lowest BCUT2D eigenvalue weighted by Gasteiger charge is -2.11. The van der Waals surface area contributed by atoms with Crippen LogP contribution in [0.1, 0.15) is 0 Å². The summed E-state index contributed by atoms with van der Waals surface area (Å²) in [6, 6.07) is 0.